The third-order valence-electron chi connectivity index (χ3n) is 2.61. The fourth-order valence-electron chi connectivity index (χ4n) is 1.69. The third-order valence-corrected chi connectivity index (χ3v) is 3.71. The van der Waals surface area contributed by atoms with Crippen molar-refractivity contribution in [3.63, 3.8) is 0 Å². The van der Waals surface area contributed by atoms with Gasteiger partial charge in [-0.3, -0.25) is 0 Å². The zero-order valence-electron chi connectivity index (χ0n) is 10.1. The van der Waals surface area contributed by atoms with Crippen LogP contribution in [0.2, 0.25) is 0 Å². The summed E-state index contributed by atoms with van der Waals surface area (Å²) in [6.45, 7) is 4.41. The Hall–Kier alpha value is -1.41. The zero-order chi connectivity index (χ0) is 12.3. The number of phenols is 1. The van der Waals surface area contributed by atoms with Crippen LogP contribution in [-0.2, 0) is 0 Å². The standard InChI is InChI=1S/C15H16OS/c1-11(2)14-5-3-4-6-15(14)17-13-9-7-12(16)8-10-13/h3-11,16H,1-2H3. The Bertz CT molecular complexity index is 489. The molecule has 0 heterocycles. The molecule has 0 bridgehead atoms. The van der Waals surface area contributed by atoms with Crippen LogP contribution >= 0.6 is 11.8 Å². The van der Waals surface area contributed by atoms with Crippen molar-refractivity contribution >= 4 is 11.8 Å². The van der Waals surface area contributed by atoms with E-state index in [4.69, 9.17) is 0 Å². The van der Waals surface area contributed by atoms with Crippen molar-refractivity contribution < 1.29 is 5.11 Å². The number of benzene rings is 2. The third kappa shape index (κ3) is 3.04. The second kappa shape index (κ2) is 5.28. The minimum atomic E-state index is 0.312. The van der Waals surface area contributed by atoms with E-state index in [1.807, 2.05) is 12.1 Å². The van der Waals surface area contributed by atoms with Gasteiger partial charge in [-0.05, 0) is 41.8 Å². The van der Waals surface area contributed by atoms with E-state index < -0.39 is 0 Å². The summed E-state index contributed by atoms with van der Waals surface area (Å²) in [5, 5.41) is 9.26. The summed E-state index contributed by atoms with van der Waals surface area (Å²) in [6.07, 6.45) is 0. The maximum absolute atomic E-state index is 9.26. The molecule has 2 aromatic rings. The Labute approximate surface area is 107 Å². The molecule has 0 fully saturated rings. The highest BCUT2D eigenvalue weighted by Gasteiger charge is 2.06. The van der Waals surface area contributed by atoms with E-state index >= 15 is 0 Å². The molecule has 0 spiro atoms. The average Bonchev–Trinajstić information content (AvgIpc) is 2.32. The van der Waals surface area contributed by atoms with Crippen molar-refractivity contribution in [2.45, 2.75) is 29.6 Å². The molecule has 2 aromatic carbocycles. The Morgan fingerprint density at radius 2 is 1.59 bits per heavy atom. The van der Waals surface area contributed by atoms with Crippen LogP contribution in [0.5, 0.6) is 5.75 Å². The lowest BCUT2D eigenvalue weighted by atomic mass is 10.0. The van der Waals surface area contributed by atoms with Crippen LogP contribution in [0.25, 0.3) is 0 Å². The van der Waals surface area contributed by atoms with E-state index in [9.17, 15) is 5.11 Å². The first-order chi connectivity index (χ1) is 8.16. The maximum Gasteiger partial charge on any atom is 0.115 e. The molecule has 88 valence electrons. The fraction of sp³-hybridized carbons (Fsp3) is 0.200. The van der Waals surface area contributed by atoms with Gasteiger partial charge in [0.05, 0.1) is 0 Å². The highest BCUT2D eigenvalue weighted by Crippen LogP contribution is 2.34. The molecule has 0 radical (unpaired) electrons. The molecule has 0 aliphatic carbocycles. The van der Waals surface area contributed by atoms with Crippen molar-refractivity contribution in [2.75, 3.05) is 0 Å². The van der Waals surface area contributed by atoms with E-state index in [0.29, 0.717) is 11.7 Å². The first-order valence-electron chi connectivity index (χ1n) is 5.72. The molecule has 0 unspecified atom stereocenters. The molecule has 17 heavy (non-hydrogen) atoms. The molecule has 0 aromatic heterocycles. The van der Waals surface area contributed by atoms with Crippen LogP contribution in [-0.4, -0.2) is 5.11 Å². The zero-order valence-corrected chi connectivity index (χ0v) is 10.9. The lowest BCUT2D eigenvalue weighted by Gasteiger charge is -2.11. The van der Waals surface area contributed by atoms with E-state index in [-0.39, 0.29) is 0 Å². The summed E-state index contributed by atoms with van der Waals surface area (Å²) in [5.41, 5.74) is 1.37. The van der Waals surface area contributed by atoms with E-state index in [2.05, 4.69) is 38.1 Å². The summed E-state index contributed by atoms with van der Waals surface area (Å²) in [7, 11) is 0. The van der Waals surface area contributed by atoms with E-state index in [1.165, 1.54) is 10.5 Å². The maximum atomic E-state index is 9.26. The SMILES string of the molecule is CC(C)c1ccccc1Sc1ccc(O)cc1. The number of phenolic OH excluding ortho intramolecular Hbond substituents is 1. The molecule has 2 heteroatoms. The van der Waals surface area contributed by atoms with Crippen molar-refractivity contribution in [1.29, 1.82) is 0 Å². The Morgan fingerprint density at radius 3 is 2.24 bits per heavy atom. The van der Waals surface area contributed by atoms with Gasteiger partial charge < -0.3 is 5.11 Å². The molecule has 0 aliphatic rings. The molecule has 2 rings (SSSR count). The van der Waals surface area contributed by atoms with Gasteiger partial charge >= 0.3 is 0 Å². The highest BCUT2D eigenvalue weighted by molar-refractivity contribution is 7.99. The molecule has 1 N–H and O–H groups in total. The highest BCUT2D eigenvalue weighted by atomic mass is 32.2. The van der Waals surface area contributed by atoms with Crippen LogP contribution in [0.4, 0.5) is 0 Å². The lowest BCUT2D eigenvalue weighted by Crippen LogP contribution is -1.89. The van der Waals surface area contributed by atoms with Crippen LogP contribution in [0.1, 0.15) is 25.3 Å². The largest absolute Gasteiger partial charge is 0.508 e. The van der Waals surface area contributed by atoms with Gasteiger partial charge in [0.25, 0.3) is 0 Å². The number of hydrogen-bond donors (Lipinski definition) is 1. The van der Waals surface area contributed by atoms with Gasteiger partial charge in [0.15, 0.2) is 0 Å². The predicted octanol–water partition coefficient (Wildman–Crippen LogP) is 4.67. The Kier molecular flexibility index (Phi) is 3.75. The van der Waals surface area contributed by atoms with Crippen LogP contribution in [0.3, 0.4) is 0 Å². The lowest BCUT2D eigenvalue weighted by molar-refractivity contribution is 0.475. The number of hydrogen-bond acceptors (Lipinski definition) is 2. The second-order valence-corrected chi connectivity index (χ2v) is 5.40. The minimum absolute atomic E-state index is 0.312. The molecule has 0 atom stereocenters. The van der Waals surface area contributed by atoms with Gasteiger partial charge in [-0.2, -0.15) is 0 Å². The van der Waals surface area contributed by atoms with E-state index in [0.717, 1.165) is 4.90 Å². The summed E-state index contributed by atoms with van der Waals surface area (Å²) < 4.78 is 0. The topological polar surface area (TPSA) is 20.2 Å². The molecule has 0 saturated carbocycles. The van der Waals surface area contributed by atoms with Gasteiger partial charge in [-0.1, -0.05) is 43.8 Å². The smallest absolute Gasteiger partial charge is 0.115 e. The number of aromatic hydroxyl groups is 1. The quantitative estimate of drug-likeness (QED) is 0.847. The molecule has 0 saturated heterocycles. The summed E-state index contributed by atoms with van der Waals surface area (Å²) >= 11 is 1.74. The summed E-state index contributed by atoms with van der Waals surface area (Å²) in [4.78, 5) is 2.43. The molecule has 0 aliphatic heterocycles. The molecule has 1 nitrogen and oxygen atoms in total. The normalized spacial score (nSPS) is 10.8. The van der Waals surface area contributed by atoms with Gasteiger partial charge in [0, 0.05) is 9.79 Å². The van der Waals surface area contributed by atoms with Crippen molar-refractivity contribution in [1.82, 2.24) is 0 Å². The van der Waals surface area contributed by atoms with Crippen molar-refractivity contribution in [3.05, 3.63) is 54.1 Å². The Balaban J connectivity index is 2.26. The van der Waals surface area contributed by atoms with Crippen LogP contribution in [0, 0.1) is 0 Å². The predicted molar refractivity (Wildman–Crippen MR) is 72.8 cm³/mol. The van der Waals surface area contributed by atoms with Gasteiger partial charge in [-0.15, -0.1) is 0 Å². The first kappa shape index (κ1) is 12.1. The fourth-order valence-corrected chi connectivity index (χ4v) is 2.79. The van der Waals surface area contributed by atoms with Crippen LogP contribution < -0.4 is 0 Å². The monoisotopic (exact) mass is 244 g/mol. The first-order valence-corrected chi connectivity index (χ1v) is 6.54. The average molecular weight is 244 g/mol. The minimum Gasteiger partial charge on any atom is -0.508 e. The van der Waals surface area contributed by atoms with Gasteiger partial charge in [0.1, 0.15) is 5.75 Å². The van der Waals surface area contributed by atoms with Crippen molar-refractivity contribution in [2.24, 2.45) is 0 Å². The summed E-state index contributed by atoms with van der Waals surface area (Å²) in [5.74, 6) is 0.835. The van der Waals surface area contributed by atoms with Crippen LogP contribution in [0.15, 0.2) is 58.3 Å². The number of rotatable bonds is 3. The van der Waals surface area contributed by atoms with E-state index in [1.54, 1.807) is 23.9 Å². The molecule has 0 amide bonds. The van der Waals surface area contributed by atoms with Gasteiger partial charge in [-0.25, -0.2) is 0 Å². The van der Waals surface area contributed by atoms with Crippen molar-refractivity contribution in [3.8, 4) is 5.75 Å². The van der Waals surface area contributed by atoms with Gasteiger partial charge in [0.2, 0.25) is 0 Å². The molecular weight excluding hydrogens is 228 g/mol. The second-order valence-electron chi connectivity index (χ2n) is 4.29. The summed E-state index contributed by atoms with van der Waals surface area (Å²) in [6, 6.07) is 15.8. The Morgan fingerprint density at radius 1 is 0.941 bits per heavy atom. The molecular formula is C15H16OS.